The minimum atomic E-state index is -0.455. The molecule has 26 heavy (non-hydrogen) atoms. The molecule has 1 aliphatic heterocycles. The standard InChI is InChI=1S/C20H18N2O4/c1-13(14-6-4-3-5-7-14)22-20(23)16(11-21)8-15-9-18-19(26-12-25-18)10-17(15)24-2/h3-10,13H,12H2,1-2H3,(H,22,23)/b16-8-/t13-/m1/s1. The first-order valence-corrected chi connectivity index (χ1v) is 8.07. The highest BCUT2D eigenvalue weighted by atomic mass is 16.7. The summed E-state index contributed by atoms with van der Waals surface area (Å²) in [6.45, 7) is 2.00. The van der Waals surface area contributed by atoms with Crippen molar-refractivity contribution in [2.75, 3.05) is 13.9 Å². The van der Waals surface area contributed by atoms with Crippen molar-refractivity contribution in [2.45, 2.75) is 13.0 Å². The van der Waals surface area contributed by atoms with Crippen LogP contribution in [0.1, 0.15) is 24.1 Å². The summed E-state index contributed by atoms with van der Waals surface area (Å²) in [6, 6.07) is 14.6. The van der Waals surface area contributed by atoms with Crippen molar-refractivity contribution in [1.29, 1.82) is 5.26 Å². The van der Waals surface area contributed by atoms with Crippen LogP contribution in [0, 0.1) is 11.3 Å². The van der Waals surface area contributed by atoms with Gasteiger partial charge in [-0.2, -0.15) is 5.26 Å². The first-order chi connectivity index (χ1) is 12.6. The number of methoxy groups -OCH3 is 1. The second-order valence-electron chi connectivity index (χ2n) is 5.72. The Morgan fingerprint density at radius 2 is 1.96 bits per heavy atom. The highest BCUT2D eigenvalue weighted by Gasteiger charge is 2.19. The van der Waals surface area contributed by atoms with Gasteiger partial charge in [0.2, 0.25) is 6.79 Å². The third-order valence-corrected chi connectivity index (χ3v) is 4.04. The molecule has 1 heterocycles. The zero-order valence-electron chi connectivity index (χ0n) is 14.5. The van der Waals surface area contributed by atoms with E-state index in [1.165, 1.54) is 13.2 Å². The van der Waals surface area contributed by atoms with E-state index < -0.39 is 5.91 Å². The highest BCUT2D eigenvalue weighted by Crippen LogP contribution is 2.38. The molecule has 0 spiro atoms. The predicted octanol–water partition coefficient (Wildman–Crippen LogP) is 3.21. The predicted molar refractivity (Wildman–Crippen MR) is 95.7 cm³/mol. The number of carbonyl (C=O) groups excluding carboxylic acids is 1. The molecule has 3 rings (SSSR count). The molecule has 0 aromatic heterocycles. The van der Waals surface area contributed by atoms with Crippen molar-refractivity contribution in [3.63, 3.8) is 0 Å². The van der Waals surface area contributed by atoms with Crippen LogP contribution in [0.25, 0.3) is 6.08 Å². The second kappa shape index (κ2) is 7.62. The Bertz CT molecular complexity index is 885. The SMILES string of the molecule is COc1cc2c(cc1/C=C(/C#N)C(=O)N[C@H](C)c1ccccc1)OCO2. The summed E-state index contributed by atoms with van der Waals surface area (Å²) in [6.07, 6.45) is 1.48. The lowest BCUT2D eigenvalue weighted by atomic mass is 10.1. The van der Waals surface area contributed by atoms with Crippen molar-refractivity contribution in [3.05, 3.63) is 59.2 Å². The summed E-state index contributed by atoms with van der Waals surface area (Å²) in [7, 11) is 1.51. The molecular weight excluding hydrogens is 332 g/mol. The maximum Gasteiger partial charge on any atom is 0.262 e. The maximum atomic E-state index is 12.5. The average molecular weight is 350 g/mol. The van der Waals surface area contributed by atoms with Gasteiger partial charge in [0, 0.05) is 11.6 Å². The van der Waals surface area contributed by atoms with Crippen LogP contribution in [0.5, 0.6) is 17.2 Å². The number of carbonyl (C=O) groups is 1. The number of nitrogens with one attached hydrogen (secondary N) is 1. The number of nitriles is 1. The van der Waals surface area contributed by atoms with Crippen LogP contribution in [0.15, 0.2) is 48.0 Å². The Balaban J connectivity index is 1.84. The first kappa shape index (κ1) is 17.4. The van der Waals surface area contributed by atoms with E-state index in [1.807, 2.05) is 43.3 Å². The van der Waals surface area contributed by atoms with Crippen molar-refractivity contribution >= 4 is 12.0 Å². The number of rotatable bonds is 5. The lowest BCUT2D eigenvalue weighted by molar-refractivity contribution is -0.117. The van der Waals surface area contributed by atoms with Gasteiger partial charge in [-0.15, -0.1) is 0 Å². The van der Waals surface area contributed by atoms with E-state index in [9.17, 15) is 10.1 Å². The van der Waals surface area contributed by atoms with E-state index in [2.05, 4.69) is 5.32 Å². The van der Waals surface area contributed by atoms with Crippen LogP contribution in [-0.4, -0.2) is 19.8 Å². The molecule has 0 saturated carbocycles. The molecule has 0 bridgehead atoms. The summed E-state index contributed by atoms with van der Waals surface area (Å²) in [5, 5.41) is 12.3. The van der Waals surface area contributed by atoms with Crippen molar-refractivity contribution in [3.8, 4) is 23.3 Å². The molecule has 2 aromatic carbocycles. The average Bonchev–Trinajstić information content (AvgIpc) is 3.13. The minimum Gasteiger partial charge on any atom is -0.496 e. The zero-order valence-corrected chi connectivity index (χ0v) is 14.5. The number of ether oxygens (including phenoxy) is 3. The Kier molecular flexibility index (Phi) is 5.09. The van der Waals surface area contributed by atoms with Gasteiger partial charge in [-0.25, -0.2) is 0 Å². The lowest BCUT2D eigenvalue weighted by Gasteiger charge is -2.14. The van der Waals surface area contributed by atoms with Crippen LogP contribution < -0.4 is 19.5 Å². The summed E-state index contributed by atoms with van der Waals surface area (Å²) in [5.41, 5.74) is 1.50. The second-order valence-corrected chi connectivity index (χ2v) is 5.72. The van der Waals surface area contributed by atoms with Crippen LogP contribution >= 0.6 is 0 Å². The molecule has 1 atom stereocenters. The molecule has 6 heteroatoms. The largest absolute Gasteiger partial charge is 0.496 e. The highest BCUT2D eigenvalue weighted by molar-refractivity contribution is 6.02. The fraction of sp³-hybridized carbons (Fsp3) is 0.200. The molecular formula is C20H18N2O4. The molecule has 1 N–H and O–H groups in total. The maximum absolute atomic E-state index is 12.5. The molecule has 0 saturated heterocycles. The van der Waals surface area contributed by atoms with Crippen LogP contribution in [0.4, 0.5) is 0 Å². The van der Waals surface area contributed by atoms with Gasteiger partial charge < -0.3 is 19.5 Å². The summed E-state index contributed by atoms with van der Waals surface area (Å²) >= 11 is 0. The lowest BCUT2D eigenvalue weighted by Crippen LogP contribution is -2.27. The Morgan fingerprint density at radius 1 is 1.27 bits per heavy atom. The van der Waals surface area contributed by atoms with Gasteiger partial charge in [0.25, 0.3) is 5.91 Å². The van der Waals surface area contributed by atoms with Crippen LogP contribution in [-0.2, 0) is 4.79 Å². The van der Waals surface area contributed by atoms with Crippen LogP contribution in [0.2, 0.25) is 0 Å². The van der Waals surface area contributed by atoms with Crippen molar-refractivity contribution in [2.24, 2.45) is 0 Å². The van der Waals surface area contributed by atoms with E-state index in [4.69, 9.17) is 14.2 Å². The number of nitrogens with zero attached hydrogens (tertiary/aromatic N) is 1. The number of hydrogen-bond donors (Lipinski definition) is 1. The number of hydrogen-bond acceptors (Lipinski definition) is 5. The van der Waals surface area contributed by atoms with Gasteiger partial charge in [-0.1, -0.05) is 30.3 Å². The minimum absolute atomic E-state index is 0.0232. The Labute approximate surface area is 151 Å². The monoisotopic (exact) mass is 350 g/mol. The van der Waals surface area contributed by atoms with E-state index in [0.29, 0.717) is 22.8 Å². The Hall–Kier alpha value is -3.46. The number of benzene rings is 2. The topological polar surface area (TPSA) is 80.6 Å². The molecule has 1 aliphatic rings. The smallest absolute Gasteiger partial charge is 0.262 e. The zero-order chi connectivity index (χ0) is 18.5. The van der Waals surface area contributed by atoms with Crippen LogP contribution in [0.3, 0.4) is 0 Å². The summed E-state index contributed by atoms with van der Waals surface area (Å²) in [4.78, 5) is 12.5. The molecule has 1 amide bonds. The first-order valence-electron chi connectivity index (χ1n) is 8.07. The van der Waals surface area contributed by atoms with Gasteiger partial charge in [0.05, 0.1) is 13.2 Å². The molecule has 0 fully saturated rings. The van der Waals surface area contributed by atoms with Gasteiger partial charge in [0.1, 0.15) is 17.4 Å². The van der Waals surface area contributed by atoms with E-state index >= 15 is 0 Å². The van der Waals surface area contributed by atoms with Crippen molar-refractivity contribution in [1.82, 2.24) is 5.32 Å². The Morgan fingerprint density at radius 3 is 2.62 bits per heavy atom. The van der Waals surface area contributed by atoms with E-state index in [-0.39, 0.29) is 18.4 Å². The molecule has 6 nitrogen and oxygen atoms in total. The van der Waals surface area contributed by atoms with E-state index in [0.717, 1.165) is 5.56 Å². The van der Waals surface area contributed by atoms with Crippen molar-refractivity contribution < 1.29 is 19.0 Å². The molecule has 0 unspecified atom stereocenters. The fourth-order valence-electron chi connectivity index (χ4n) is 2.63. The third-order valence-electron chi connectivity index (χ3n) is 4.04. The summed E-state index contributed by atoms with van der Waals surface area (Å²) in [5.74, 6) is 1.15. The molecule has 132 valence electrons. The molecule has 0 aliphatic carbocycles. The summed E-state index contributed by atoms with van der Waals surface area (Å²) < 4.78 is 16.0. The van der Waals surface area contributed by atoms with E-state index in [1.54, 1.807) is 12.1 Å². The molecule has 0 radical (unpaired) electrons. The fourth-order valence-corrected chi connectivity index (χ4v) is 2.63. The quantitative estimate of drug-likeness (QED) is 0.661. The van der Waals surface area contributed by atoms with Gasteiger partial charge >= 0.3 is 0 Å². The van der Waals surface area contributed by atoms with Gasteiger partial charge in [-0.3, -0.25) is 4.79 Å². The molecule has 2 aromatic rings. The normalized spacial score (nSPS) is 13.7. The number of fused-ring (bicyclic) bond motifs is 1. The van der Waals surface area contributed by atoms with Gasteiger partial charge in [0.15, 0.2) is 11.5 Å². The number of amides is 1. The third kappa shape index (κ3) is 3.62. The van der Waals surface area contributed by atoms with Gasteiger partial charge in [-0.05, 0) is 24.6 Å².